The highest BCUT2D eigenvalue weighted by Gasteiger charge is 2.18. The highest BCUT2D eigenvalue weighted by Crippen LogP contribution is 2.23. The minimum absolute atomic E-state index is 0.00135. The Hall–Kier alpha value is -2.16. The average molecular weight is 296 g/mol. The van der Waals surface area contributed by atoms with E-state index in [-0.39, 0.29) is 17.4 Å². The van der Waals surface area contributed by atoms with Gasteiger partial charge in [-0.3, -0.25) is 9.78 Å². The van der Waals surface area contributed by atoms with Crippen molar-refractivity contribution >= 4 is 5.91 Å². The summed E-state index contributed by atoms with van der Waals surface area (Å²) in [6.07, 6.45) is 4.14. The lowest BCUT2D eigenvalue weighted by atomic mass is 9.91. The number of hydrogen-bond donors (Lipinski definition) is 1. The van der Waals surface area contributed by atoms with Crippen LogP contribution in [-0.2, 0) is 4.79 Å². The molecule has 2 rings (SSSR count). The number of carbonyl (C=O) groups is 1. The van der Waals surface area contributed by atoms with Crippen molar-refractivity contribution in [1.29, 1.82) is 0 Å². The number of nitrogens with one attached hydrogen (secondary N) is 1. The average Bonchev–Trinajstić information content (AvgIpc) is 2.46. The fourth-order valence-electron chi connectivity index (χ4n) is 2.38. The molecule has 22 heavy (non-hydrogen) atoms. The van der Waals surface area contributed by atoms with Crippen molar-refractivity contribution in [2.45, 2.75) is 40.2 Å². The summed E-state index contributed by atoms with van der Waals surface area (Å²) in [5, 5.41) is 3.08. The van der Waals surface area contributed by atoms with Crippen LogP contribution in [0.15, 0.2) is 48.8 Å². The number of carbonyl (C=O) groups excluding carboxylic acids is 1. The number of amides is 1. The van der Waals surface area contributed by atoms with Crippen molar-refractivity contribution in [3.05, 3.63) is 54.4 Å². The normalized spacial score (nSPS) is 12.7. The van der Waals surface area contributed by atoms with Gasteiger partial charge in [0.05, 0.1) is 6.04 Å². The van der Waals surface area contributed by atoms with Crippen LogP contribution in [0.2, 0.25) is 0 Å². The molecule has 0 saturated heterocycles. The zero-order chi connectivity index (χ0) is 16.2. The Morgan fingerprint density at radius 3 is 2.55 bits per heavy atom. The van der Waals surface area contributed by atoms with E-state index in [0.717, 1.165) is 16.7 Å². The van der Waals surface area contributed by atoms with Gasteiger partial charge in [-0.05, 0) is 41.2 Å². The summed E-state index contributed by atoms with van der Waals surface area (Å²) in [6, 6.07) is 12.2. The number of rotatable bonds is 4. The maximum Gasteiger partial charge on any atom is 0.220 e. The lowest BCUT2D eigenvalue weighted by Crippen LogP contribution is -2.29. The number of benzene rings is 1. The molecule has 0 aliphatic rings. The highest BCUT2D eigenvalue weighted by atomic mass is 16.1. The third kappa shape index (κ3) is 4.69. The molecule has 0 bridgehead atoms. The van der Waals surface area contributed by atoms with Gasteiger partial charge >= 0.3 is 0 Å². The van der Waals surface area contributed by atoms with Crippen LogP contribution in [0.5, 0.6) is 0 Å². The third-order valence-corrected chi connectivity index (χ3v) is 3.45. The molecular weight excluding hydrogens is 272 g/mol. The predicted octanol–water partition coefficient (Wildman–Crippen LogP) is 4.36. The van der Waals surface area contributed by atoms with Gasteiger partial charge in [-0.2, -0.15) is 0 Å². The summed E-state index contributed by atoms with van der Waals surface area (Å²) in [5.41, 5.74) is 3.30. The molecule has 2 aromatic rings. The summed E-state index contributed by atoms with van der Waals surface area (Å²) >= 11 is 0. The molecule has 1 atom stereocenters. The molecule has 0 radical (unpaired) electrons. The fraction of sp³-hybridized carbons (Fsp3) is 0.368. The molecule has 1 heterocycles. The molecule has 1 N–H and O–H groups in total. The standard InChI is InChI=1S/C19H24N2O/c1-14(21-18(22)12-19(2,3)4)15-7-5-8-16(11-15)17-9-6-10-20-13-17/h5-11,13-14H,12H2,1-4H3,(H,21,22). The molecule has 0 saturated carbocycles. The van der Waals surface area contributed by atoms with Crippen LogP contribution in [0.3, 0.4) is 0 Å². The second kappa shape index (κ2) is 6.73. The summed E-state index contributed by atoms with van der Waals surface area (Å²) in [5.74, 6) is 0.0896. The van der Waals surface area contributed by atoms with E-state index in [1.54, 1.807) is 6.20 Å². The van der Waals surface area contributed by atoms with Crippen LogP contribution >= 0.6 is 0 Å². The SMILES string of the molecule is CC(NC(=O)CC(C)(C)C)c1cccc(-c2cccnc2)c1. The van der Waals surface area contributed by atoms with Crippen molar-refractivity contribution in [1.82, 2.24) is 10.3 Å². The maximum absolute atomic E-state index is 12.1. The van der Waals surface area contributed by atoms with Gasteiger partial charge in [0, 0.05) is 18.8 Å². The van der Waals surface area contributed by atoms with Crippen molar-refractivity contribution in [3.63, 3.8) is 0 Å². The van der Waals surface area contributed by atoms with Crippen LogP contribution in [0.1, 0.15) is 45.7 Å². The Morgan fingerprint density at radius 2 is 1.91 bits per heavy atom. The molecular formula is C19H24N2O. The topological polar surface area (TPSA) is 42.0 Å². The molecule has 3 nitrogen and oxygen atoms in total. The van der Waals surface area contributed by atoms with Gasteiger partial charge in [-0.25, -0.2) is 0 Å². The van der Waals surface area contributed by atoms with Crippen molar-refractivity contribution in [2.75, 3.05) is 0 Å². The highest BCUT2D eigenvalue weighted by molar-refractivity contribution is 5.77. The van der Waals surface area contributed by atoms with E-state index in [2.05, 4.69) is 43.2 Å². The Morgan fingerprint density at radius 1 is 1.18 bits per heavy atom. The second-order valence-electron chi connectivity index (χ2n) is 6.89. The van der Waals surface area contributed by atoms with Crippen molar-refractivity contribution in [3.8, 4) is 11.1 Å². The molecule has 1 aromatic heterocycles. The van der Waals surface area contributed by atoms with E-state index in [0.29, 0.717) is 6.42 Å². The summed E-state index contributed by atoms with van der Waals surface area (Å²) < 4.78 is 0. The third-order valence-electron chi connectivity index (χ3n) is 3.45. The Kier molecular flexibility index (Phi) is 4.96. The molecule has 0 spiro atoms. The number of aromatic nitrogens is 1. The van der Waals surface area contributed by atoms with Gasteiger partial charge in [0.1, 0.15) is 0 Å². The zero-order valence-electron chi connectivity index (χ0n) is 13.8. The number of nitrogens with zero attached hydrogens (tertiary/aromatic N) is 1. The summed E-state index contributed by atoms with van der Waals surface area (Å²) in [7, 11) is 0. The van der Waals surface area contributed by atoms with Gasteiger partial charge in [-0.1, -0.05) is 45.0 Å². The Bertz CT molecular complexity index is 629. The molecule has 1 amide bonds. The van der Waals surface area contributed by atoms with E-state index >= 15 is 0 Å². The molecule has 0 aliphatic heterocycles. The molecule has 0 aliphatic carbocycles. The first kappa shape index (κ1) is 16.2. The smallest absolute Gasteiger partial charge is 0.220 e. The Balaban J connectivity index is 2.11. The number of pyridine rings is 1. The van der Waals surface area contributed by atoms with Gasteiger partial charge < -0.3 is 5.32 Å². The van der Waals surface area contributed by atoms with E-state index in [4.69, 9.17) is 0 Å². The predicted molar refractivity (Wildman–Crippen MR) is 90.3 cm³/mol. The quantitative estimate of drug-likeness (QED) is 0.910. The van der Waals surface area contributed by atoms with Crippen LogP contribution in [0, 0.1) is 5.41 Å². The van der Waals surface area contributed by atoms with Crippen molar-refractivity contribution < 1.29 is 4.79 Å². The van der Waals surface area contributed by atoms with E-state index < -0.39 is 0 Å². The van der Waals surface area contributed by atoms with Gasteiger partial charge in [0.2, 0.25) is 5.91 Å². The van der Waals surface area contributed by atoms with E-state index in [1.807, 2.05) is 37.4 Å². The minimum Gasteiger partial charge on any atom is -0.350 e. The Labute approximate surface area is 132 Å². The second-order valence-corrected chi connectivity index (χ2v) is 6.89. The molecule has 1 aromatic carbocycles. The number of hydrogen-bond acceptors (Lipinski definition) is 2. The molecule has 0 fully saturated rings. The van der Waals surface area contributed by atoms with Gasteiger partial charge in [0.15, 0.2) is 0 Å². The zero-order valence-corrected chi connectivity index (χ0v) is 13.8. The minimum atomic E-state index is -0.00790. The first-order valence-electron chi connectivity index (χ1n) is 7.65. The summed E-state index contributed by atoms with van der Waals surface area (Å²) in [4.78, 5) is 16.2. The van der Waals surface area contributed by atoms with Crippen LogP contribution in [0.4, 0.5) is 0 Å². The molecule has 3 heteroatoms. The first-order chi connectivity index (χ1) is 10.3. The molecule has 1 unspecified atom stereocenters. The van der Waals surface area contributed by atoms with Crippen molar-refractivity contribution in [2.24, 2.45) is 5.41 Å². The lowest BCUT2D eigenvalue weighted by molar-refractivity contribution is -0.123. The largest absolute Gasteiger partial charge is 0.350 e. The van der Waals surface area contributed by atoms with E-state index in [1.165, 1.54) is 0 Å². The van der Waals surface area contributed by atoms with Crippen LogP contribution < -0.4 is 5.32 Å². The van der Waals surface area contributed by atoms with Crippen LogP contribution in [-0.4, -0.2) is 10.9 Å². The van der Waals surface area contributed by atoms with Gasteiger partial charge in [0.25, 0.3) is 0 Å². The molecule has 116 valence electrons. The summed E-state index contributed by atoms with van der Waals surface area (Å²) in [6.45, 7) is 8.23. The van der Waals surface area contributed by atoms with Gasteiger partial charge in [-0.15, -0.1) is 0 Å². The lowest BCUT2D eigenvalue weighted by Gasteiger charge is -2.20. The first-order valence-corrected chi connectivity index (χ1v) is 7.65. The monoisotopic (exact) mass is 296 g/mol. The maximum atomic E-state index is 12.1. The van der Waals surface area contributed by atoms with Crippen LogP contribution in [0.25, 0.3) is 11.1 Å². The van der Waals surface area contributed by atoms with E-state index in [9.17, 15) is 4.79 Å². The fourth-order valence-corrected chi connectivity index (χ4v) is 2.38.